The molecule has 0 aliphatic heterocycles. The lowest BCUT2D eigenvalue weighted by Crippen LogP contribution is -2.07. The van der Waals surface area contributed by atoms with Crippen LogP contribution in [0, 0.1) is 0 Å². The topological polar surface area (TPSA) is 40.2 Å². The summed E-state index contributed by atoms with van der Waals surface area (Å²) >= 11 is 0. The number of hydrogen-bond donors (Lipinski definition) is 1. The van der Waals surface area contributed by atoms with E-state index in [4.69, 9.17) is 10.5 Å². The van der Waals surface area contributed by atoms with Gasteiger partial charge in [-0.1, -0.05) is 24.3 Å². The van der Waals surface area contributed by atoms with Gasteiger partial charge in [-0.25, -0.2) is 0 Å². The summed E-state index contributed by atoms with van der Waals surface area (Å²) in [5.41, 5.74) is 7.77. The normalized spacial score (nSPS) is 10.7. The highest BCUT2D eigenvalue weighted by Gasteiger charge is 2.01. The molecule has 0 bridgehead atoms. The molecule has 0 spiro atoms. The van der Waals surface area contributed by atoms with Gasteiger partial charge in [-0.2, -0.15) is 0 Å². The van der Waals surface area contributed by atoms with Gasteiger partial charge in [0.1, 0.15) is 12.4 Å². The number of hydrogen-bond acceptors (Lipinski definition) is 2. The van der Waals surface area contributed by atoms with Crippen molar-refractivity contribution in [2.45, 2.75) is 6.54 Å². The van der Waals surface area contributed by atoms with E-state index in [1.54, 1.807) is 0 Å². The van der Waals surface area contributed by atoms with Crippen molar-refractivity contribution in [2.24, 2.45) is 0 Å². The fourth-order valence-electron chi connectivity index (χ4n) is 2.17. The van der Waals surface area contributed by atoms with E-state index in [9.17, 15) is 0 Å². The number of para-hydroxylation sites is 1. The van der Waals surface area contributed by atoms with Crippen molar-refractivity contribution in [3.05, 3.63) is 60.8 Å². The Morgan fingerprint density at radius 1 is 1.00 bits per heavy atom. The molecule has 1 heterocycles. The summed E-state index contributed by atoms with van der Waals surface area (Å²) in [7, 11) is 0. The van der Waals surface area contributed by atoms with Gasteiger partial charge < -0.3 is 15.0 Å². The largest absolute Gasteiger partial charge is 0.492 e. The zero-order chi connectivity index (χ0) is 13.1. The monoisotopic (exact) mass is 252 g/mol. The van der Waals surface area contributed by atoms with E-state index in [-0.39, 0.29) is 0 Å². The number of fused-ring (bicyclic) bond motifs is 1. The summed E-state index contributed by atoms with van der Waals surface area (Å²) in [5, 5.41) is 1.20. The molecule has 3 aromatic rings. The number of benzene rings is 2. The highest BCUT2D eigenvalue weighted by molar-refractivity contribution is 5.83. The third-order valence-corrected chi connectivity index (χ3v) is 3.14. The summed E-state index contributed by atoms with van der Waals surface area (Å²) in [6.45, 7) is 1.45. The molecule has 0 fully saturated rings. The maximum Gasteiger partial charge on any atom is 0.119 e. The third kappa shape index (κ3) is 2.55. The van der Waals surface area contributed by atoms with Crippen LogP contribution in [-0.2, 0) is 6.54 Å². The molecule has 0 unspecified atom stereocenters. The standard InChI is InChI=1S/C16H16N2O/c17-14-7-6-13-8-9-18(16(13)12-14)10-11-19-15-4-2-1-3-5-15/h1-9,12H,10-11,17H2. The van der Waals surface area contributed by atoms with Crippen molar-refractivity contribution in [2.75, 3.05) is 12.3 Å². The fourth-order valence-corrected chi connectivity index (χ4v) is 2.17. The van der Waals surface area contributed by atoms with Gasteiger partial charge >= 0.3 is 0 Å². The second-order valence-corrected chi connectivity index (χ2v) is 4.49. The number of ether oxygens (including phenoxy) is 1. The van der Waals surface area contributed by atoms with Crippen molar-refractivity contribution in [1.82, 2.24) is 4.57 Å². The second kappa shape index (κ2) is 5.06. The minimum absolute atomic E-state index is 0.641. The van der Waals surface area contributed by atoms with Gasteiger partial charge in [0, 0.05) is 11.9 Å². The number of nitrogen functional groups attached to an aromatic ring is 1. The van der Waals surface area contributed by atoms with Gasteiger partial charge in [-0.15, -0.1) is 0 Å². The van der Waals surface area contributed by atoms with E-state index in [2.05, 4.69) is 16.8 Å². The predicted molar refractivity (Wildman–Crippen MR) is 78.3 cm³/mol. The molecule has 3 nitrogen and oxygen atoms in total. The molecule has 0 aliphatic rings. The van der Waals surface area contributed by atoms with Gasteiger partial charge in [-0.05, 0) is 35.7 Å². The highest BCUT2D eigenvalue weighted by atomic mass is 16.5. The Hall–Kier alpha value is -2.42. The lowest BCUT2D eigenvalue weighted by Gasteiger charge is -2.08. The van der Waals surface area contributed by atoms with E-state index in [1.165, 1.54) is 5.39 Å². The third-order valence-electron chi connectivity index (χ3n) is 3.14. The first-order valence-corrected chi connectivity index (χ1v) is 6.35. The average Bonchev–Trinajstić information content (AvgIpc) is 2.83. The minimum Gasteiger partial charge on any atom is -0.492 e. The number of nitrogens with zero attached hydrogens (tertiary/aromatic N) is 1. The van der Waals surface area contributed by atoms with Crippen LogP contribution in [0.15, 0.2) is 60.8 Å². The van der Waals surface area contributed by atoms with Crippen LogP contribution < -0.4 is 10.5 Å². The van der Waals surface area contributed by atoms with Crippen molar-refractivity contribution in [1.29, 1.82) is 0 Å². The summed E-state index contributed by atoms with van der Waals surface area (Å²) in [6, 6.07) is 17.9. The number of aromatic nitrogens is 1. The Morgan fingerprint density at radius 2 is 1.84 bits per heavy atom. The van der Waals surface area contributed by atoms with E-state index in [1.807, 2.05) is 48.5 Å². The summed E-state index contributed by atoms with van der Waals surface area (Å²) in [4.78, 5) is 0. The van der Waals surface area contributed by atoms with Gasteiger partial charge in [0.25, 0.3) is 0 Å². The van der Waals surface area contributed by atoms with Crippen LogP contribution in [0.25, 0.3) is 10.9 Å². The van der Waals surface area contributed by atoms with Crippen molar-refractivity contribution in [3.8, 4) is 5.75 Å². The molecule has 0 amide bonds. The Kier molecular flexibility index (Phi) is 3.11. The molecular weight excluding hydrogens is 236 g/mol. The summed E-state index contributed by atoms with van der Waals surface area (Å²) in [6.07, 6.45) is 2.07. The molecule has 0 saturated carbocycles. The first kappa shape index (κ1) is 11.7. The molecule has 2 aromatic carbocycles. The quantitative estimate of drug-likeness (QED) is 0.724. The van der Waals surface area contributed by atoms with Crippen LogP contribution in [0.3, 0.4) is 0 Å². The van der Waals surface area contributed by atoms with Gasteiger partial charge in [-0.3, -0.25) is 0 Å². The molecule has 2 N–H and O–H groups in total. The van der Waals surface area contributed by atoms with Crippen molar-refractivity contribution in [3.63, 3.8) is 0 Å². The Labute approximate surface area is 112 Å². The zero-order valence-corrected chi connectivity index (χ0v) is 10.6. The zero-order valence-electron chi connectivity index (χ0n) is 10.6. The second-order valence-electron chi connectivity index (χ2n) is 4.49. The Morgan fingerprint density at radius 3 is 2.68 bits per heavy atom. The molecule has 0 aliphatic carbocycles. The summed E-state index contributed by atoms with van der Waals surface area (Å²) < 4.78 is 7.87. The fraction of sp³-hybridized carbons (Fsp3) is 0.125. The molecule has 3 heteroatoms. The van der Waals surface area contributed by atoms with Crippen molar-refractivity contribution < 1.29 is 4.74 Å². The van der Waals surface area contributed by atoms with Crippen LogP contribution in [-0.4, -0.2) is 11.2 Å². The van der Waals surface area contributed by atoms with Gasteiger partial charge in [0.15, 0.2) is 0 Å². The Balaban J connectivity index is 1.70. The van der Waals surface area contributed by atoms with E-state index < -0.39 is 0 Å². The molecule has 1 aromatic heterocycles. The first-order chi connectivity index (χ1) is 9.33. The number of anilines is 1. The maximum absolute atomic E-state index is 5.83. The minimum atomic E-state index is 0.641. The van der Waals surface area contributed by atoms with E-state index >= 15 is 0 Å². The van der Waals surface area contributed by atoms with Gasteiger partial charge in [0.2, 0.25) is 0 Å². The molecule has 0 atom stereocenters. The smallest absolute Gasteiger partial charge is 0.119 e. The molecule has 96 valence electrons. The lowest BCUT2D eigenvalue weighted by molar-refractivity contribution is 0.300. The maximum atomic E-state index is 5.83. The number of nitrogens with two attached hydrogens (primary N) is 1. The van der Waals surface area contributed by atoms with Crippen molar-refractivity contribution >= 4 is 16.6 Å². The molecule has 0 radical (unpaired) electrons. The van der Waals surface area contributed by atoms with E-state index in [0.29, 0.717) is 6.61 Å². The van der Waals surface area contributed by atoms with Gasteiger partial charge in [0.05, 0.1) is 12.1 Å². The molecule has 0 saturated heterocycles. The Bertz CT molecular complexity index is 674. The van der Waals surface area contributed by atoms with Crippen LogP contribution in [0.5, 0.6) is 5.75 Å². The lowest BCUT2D eigenvalue weighted by atomic mass is 10.2. The van der Waals surface area contributed by atoms with E-state index in [0.717, 1.165) is 23.5 Å². The van der Waals surface area contributed by atoms with Crippen LogP contribution in [0.1, 0.15) is 0 Å². The van der Waals surface area contributed by atoms with Crippen LogP contribution in [0.4, 0.5) is 5.69 Å². The molecule has 3 rings (SSSR count). The highest BCUT2D eigenvalue weighted by Crippen LogP contribution is 2.19. The van der Waals surface area contributed by atoms with Crippen LogP contribution in [0.2, 0.25) is 0 Å². The first-order valence-electron chi connectivity index (χ1n) is 6.35. The predicted octanol–water partition coefficient (Wildman–Crippen LogP) is 3.30. The molecule has 19 heavy (non-hydrogen) atoms. The average molecular weight is 252 g/mol. The van der Waals surface area contributed by atoms with Crippen LogP contribution >= 0.6 is 0 Å². The SMILES string of the molecule is Nc1ccc2ccn(CCOc3ccccc3)c2c1. The summed E-state index contributed by atoms with van der Waals surface area (Å²) in [5.74, 6) is 0.901. The number of rotatable bonds is 4. The molecular formula is C16H16N2O.